The van der Waals surface area contributed by atoms with Gasteiger partial charge in [0, 0.05) is 0 Å². The molecule has 5 unspecified atom stereocenters. The summed E-state index contributed by atoms with van der Waals surface area (Å²) in [5, 5.41) is 38.3. The molecule has 1 aromatic rings. The Morgan fingerprint density at radius 2 is 1.62 bits per heavy atom. The summed E-state index contributed by atoms with van der Waals surface area (Å²) in [6.07, 6.45) is -6.38. The highest BCUT2D eigenvalue weighted by molar-refractivity contribution is 7.92. The third-order valence-corrected chi connectivity index (χ3v) is 5.43. The Balaban J connectivity index is 2.36. The van der Waals surface area contributed by atoms with Gasteiger partial charge in [-0.3, -0.25) is 0 Å². The molecule has 7 nitrogen and oxygen atoms in total. The zero-order valence-corrected chi connectivity index (χ0v) is 12.1. The van der Waals surface area contributed by atoms with Crippen LogP contribution in [-0.4, -0.2) is 65.3 Å². The van der Waals surface area contributed by atoms with Gasteiger partial charge < -0.3 is 25.2 Å². The lowest BCUT2D eigenvalue weighted by molar-refractivity contribution is -0.207. The third-order valence-electron chi connectivity index (χ3n) is 3.50. The maximum Gasteiger partial charge on any atom is 0.207 e. The van der Waals surface area contributed by atoms with Crippen molar-refractivity contribution in [2.45, 2.75) is 41.7 Å². The summed E-state index contributed by atoms with van der Waals surface area (Å²) < 4.78 is 30.0. The Kier molecular flexibility index (Phi) is 4.66. The highest BCUT2D eigenvalue weighted by atomic mass is 32.2. The molecule has 0 aromatic heterocycles. The number of ether oxygens (including phenoxy) is 1. The first-order valence-electron chi connectivity index (χ1n) is 6.40. The second kappa shape index (κ2) is 5.99. The van der Waals surface area contributed by atoms with Crippen LogP contribution in [0.15, 0.2) is 29.2 Å². The van der Waals surface area contributed by atoms with Crippen molar-refractivity contribution in [1.82, 2.24) is 0 Å². The summed E-state index contributed by atoms with van der Waals surface area (Å²) in [5.41, 5.74) is -0.890. The number of hydrogen-bond acceptors (Lipinski definition) is 7. The van der Waals surface area contributed by atoms with Gasteiger partial charge >= 0.3 is 0 Å². The standard InChI is InChI=1S/C13H18O7S/c1-7-2-4-8(5-3-7)21(18,19)13-12(17)11(16)10(15)9(6-14)20-13/h2-5,9-17H,6H2,1H3. The second-order valence-corrected chi connectivity index (χ2v) is 7.08. The second-order valence-electron chi connectivity index (χ2n) is 5.06. The van der Waals surface area contributed by atoms with Crippen LogP contribution in [0.2, 0.25) is 0 Å². The molecule has 1 aromatic carbocycles. The van der Waals surface area contributed by atoms with Gasteiger partial charge in [-0.15, -0.1) is 0 Å². The van der Waals surface area contributed by atoms with Crippen LogP contribution in [-0.2, 0) is 14.6 Å². The molecule has 1 fully saturated rings. The molecule has 0 saturated carbocycles. The lowest BCUT2D eigenvalue weighted by atomic mass is 10.0. The summed E-state index contributed by atoms with van der Waals surface area (Å²) in [6.45, 7) is 1.12. The van der Waals surface area contributed by atoms with Gasteiger partial charge in [0.1, 0.15) is 24.4 Å². The average Bonchev–Trinajstić information content (AvgIpc) is 2.45. The van der Waals surface area contributed by atoms with E-state index in [2.05, 4.69) is 0 Å². The fourth-order valence-electron chi connectivity index (χ4n) is 2.19. The molecule has 0 bridgehead atoms. The summed E-state index contributed by atoms with van der Waals surface area (Å²) in [5.74, 6) is 0. The van der Waals surface area contributed by atoms with Gasteiger partial charge in [0.15, 0.2) is 5.44 Å². The third kappa shape index (κ3) is 2.96. The van der Waals surface area contributed by atoms with Crippen LogP contribution < -0.4 is 0 Å². The van der Waals surface area contributed by atoms with Crippen molar-refractivity contribution < 1.29 is 33.6 Å². The van der Waals surface area contributed by atoms with E-state index in [1.54, 1.807) is 19.1 Å². The van der Waals surface area contributed by atoms with Crippen LogP contribution in [0.4, 0.5) is 0 Å². The maximum atomic E-state index is 12.5. The van der Waals surface area contributed by atoms with Crippen LogP contribution in [0.1, 0.15) is 5.56 Å². The van der Waals surface area contributed by atoms with Crippen LogP contribution in [0, 0.1) is 6.92 Å². The van der Waals surface area contributed by atoms with E-state index in [0.29, 0.717) is 0 Å². The van der Waals surface area contributed by atoms with Crippen LogP contribution >= 0.6 is 0 Å². The van der Waals surface area contributed by atoms with Crippen molar-refractivity contribution in [2.24, 2.45) is 0 Å². The van der Waals surface area contributed by atoms with Gasteiger partial charge in [-0.2, -0.15) is 0 Å². The molecule has 21 heavy (non-hydrogen) atoms. The Morgan fingerprint density at radius 3 is 2.14 bits per heavy atom. The highest BCUT2D eigenvalue weighted by Crippen LogP contribution is 2.28. The molecule has 118 valence electrons. The molecule has 8 heteroatoms. The maximum absolute atomic E-state index is 12.5. The van der Waals surface area contributed by atoms with Gasteiger partial charge in [0.25, 0.3) is 0 Å². The van der Waals surface area contributed by atoms with Crippen molar-refractivity contribution >= 4 is 9.84 Å². The van der Waals surface area contributed by atoms with E-state index in [1.165, 1.54) is 12.1 Å². The monoisotopic (exact) mass is 318 g/mol. The first-order chi connectivity index (χ1) is 9.78. The molecule has 1 aliphatic rings. The van der Waals surface area contributed by atoms with E-state index in [9.17, 15) is 23.7 Å². The first-order valence-corrected chi connectivity index (χ1v) is 7.94. The SMILES string of the molecule is Cc1ccc(S(=O)(=O)C2OC(CO)C(O)C(O)C2O)cc1. The minimum Gasteiger partial charge on any atom is -0.394 e. The summed E-state index contributed by atoms with van der Waals surface area (Å²) in [4.78, 5) is -0.0718. The predicted octanol–water partition coefficient (Wildman–Crippen LogP) is -1.43. The molecular formula is C13H18O7S. The molecule has 1 saturated heterocycles. The van der Waals surface area contributed by atoms with E-state index in [-0.39, 0.29) is 4.90 Å². The van der Waals surface area contributed by atoms with Gasteiger partial charge in [-0.25, -0.2) is 8.42 Å². The summed E-state index contributed by atoms with van der Waals surface area (Å²) in [6, 6.07) is 5.92. The quantitative estimate of drug-likeness (QED) is 0.538. The molecule has 1 heterocycles. The average molecular weight is 318 g/mol. The van der Waals surface area contributed by atoms with E-state index in [4.69, 9.17) is 9.84 Å². The number of aliphatic hydroxyl groups is 4. The molecule has 5 atom stereocenters. The highest BCUT2D eigenvalue weighted by Gasteiger charge is 2.49. The molecule has 0 radical (unpaired) electrons. The predicted molar refractivity (Wildman–Crippen MR) is 72.1 cm³/mol. The Labute approximate surface area is 122 Å². The van der Waals surface area contributed by atoms with Gasteiger partial charge in [0.2, 0.25) is 9.84 Å². The summed E-state index contributed by atoms with van der Waals surface area (Å²) >= 11 is 0. The minimum atomic E-state index is -4.08. The number of sulfone groups is 1. The number of hydrogen-bond donors (Lipinski definition) is 4. The molecule has 1 aliphatic heterocycles. The zero-order chi connectivity index (χ0) is 15.8. The van der Waals surface area contributed by atoms with Crippen molar-refractivity contribution in [3.05, 3.63) is 29.8 Å². The minimum absolute atomic E-state index is 0.0718. The van der Waals surface area contributed by atoms with E-state index in [0.717, 1.165) is 5.56 Å². The zero-order valence-electron chi connectivity index (χ0n) is 11.3. The van der Waals surface area contributed by atoms with E-state index >= 15 is 0 Å². The number of benzene rings is 1. The lowest BCUT2D eigenvalue weighted by Crippen LogP contribution is -2.60. The molecule has 0 amide bonds. The van der Waals surface area contributed by atoms with E-state index in [1.807, 2.05) is 0 Å². The Bertz CT molecular complexity index is 581. The number of aliphatic hydroxyl groups excluding tert-OH is 4. The number of aryl methyl sites for hydroxylation is 1. The van der Waals surface area contributed by atoms with Crippen molar-refractivity contribution in [3.8, 4) is 0 Å². The Hall–Kier alpha value is -1.03. The van der Waals surface area contributed by atoms with E-state index < -0.39 is 46.3 Å². The van der Waals surface area contributed by atoms with Gasteiger partial charge in [-0.05, 0) is 19.1 Å². The Morgan fingerprint density at radius 1 is 1.05 bits per heavy atom. The van der Waals surface area contributed by atoms with Gasteiger partial charge in [0.05, 0.1) is 11.5 Å². The van der Waals surface area contributed by atoms with Crippen LogP contribution in [0.3, 0.4) is 0 Å². The van der Waals surface area contributed by atoms with Crippen molar-refractivity contribution in [3.63, 3.8) is 0 Å². The molecular weight excluding hydrogens is 300 g/mol. The van der Waals surface area contributed by atoms with Gasteiger partial charge in [-0.1, -0.05) is 17.7 Å². The molecule has 0 spiro atoms. The molecule has 0 aliphatic carbocycles. The smallest absolute Gasteiger partial charge is 0.207 e. The molecule has 4 N–H and O–H groups in total. The fraction of sp³-hybridized carbons (Fsp3) is 0.538. The summed E-state index contributed by atoms with van der Waals surface area (Å²) in [7, 11) is -4.08. The number of rotatable bonds is 3. The lowest BCUT2D eigenvalue weighted by Gasteiger charge is -2.39. The molecule has 2 rings (SSSR count). The normalized spacial score (nSPS) is 33.9. The fourth-order valence-corrected chi connectivity index (χ4v) is 3.79. The first kappa shape index (κ1) is 16.3. The van der Waals surface area contributed by atoms with Crippen molar-refractivity contribution in [2.75, 3.05) is 6.61 Å². The topological polar surface area (TPSA) is 124 Å². The van der Waals surface area contributed by atoms with Crippen LogP contribution in [0.25, 0.3) is 0 Å². The largest absolute Gasteiger partial charge is 0.394 e. The van der Waals surface area contributed by atoms with Crippen molar-refractivity contribution in [1.29, 1.82) is 0 Å². The van der Waals surface area contributed by atoms with Crippen LogP contribution in [0.5, 0.6) is 0 Å².